The van der Waals surface area contributed by atoms with Crippen molar-refractivity contribution < 1.29 is 29.3 Å². The van der Waals surface area contributed by atoms with E-state index in [9.17, 15) is 19.8 Å². The van der Waals surface area contributed by atoms with Crippen LogP contribution in [-0.4, -0.2) is 72.2 Å². The van der Waals surface area contributed by atoms with E-state index in [-0.39, 0.29) is 36.2 Å². The zero-order chi connectivity index (χ0) is 24.3. The second kappa shape index (κ2) is 10.2. The fourth-order valence-corrected chi connectivity index (χ4v) is 6.71. The maximum Gasteiger partial charge on any atom is 0.411 e. The number of carbonyl (C=O) groups excluding carboxylic acids is 2. The Hall–Kier alpha value is -2.16. The molecule has 0 spiro atoms. The molecule has 1 heterocycles. The van der Waals surface area contributed by atoms with Gasteiger partial charge in [-0.2, -0.15) is 0 Å². The Labute approximate surface area is 201 Å². The first-order valence-electron chi connectivity index (χ1n) is 12.4. The Morgan fingerprint density at radius 2 is 1.85 bits per heavy atom. The van der Waals surface area contributed by atoms with Gasteiger partial charge in [-0.3, -0.25) is 10.1 Å². The van der Waals surface area contributed by atoms with E-state index in [1.165, 1.54) is 0 Å². The van der Waals surface area contributed by atoms with Crippen LogP contribution in [0.3, 0.4) is 0 Å². The van der Waals surface area contributed by atoms with Gasteiger partial charge in [0.25, 0.3) is 0 Å². The number of morpholine rings is 1. The lowest BCUT2D eigenvalue weighted by molar-refractivity contribution is -0.187. The molecule has 4 rings (SSSR count). The highest BCUT2D eigenvalue weighted by molar-refractivity contribution is 5.84. The summed E-state index contributed by atoms with van der Waals surface area (Å²) < 4.78 is 11.2. The molecule has 3 fully saturated rings. The summed E-state index contributed by atoms with van der Waals surface area (Å²) in [6.45, 7) is 6.26. The van der Waals surface area contributed by atoms with Gasteiger partial charge in [0.1, 0.15) is 6.10 Å². The lowest BCUT2D eigenvalue weighted by Crippen LogP contribution is -2.61. The van der Waals surface area contributed by atoms with Gasteiger partial charge in [-0.15, -0.1) is 0 Å². The van der Waals surface area contributed by atoms with Crippen molar-refractivity contribution in [3.8, 4) is 0 Å². The molecule has 0 aromatic heterocycles. The van der Waals surface area contributed by atoms with Crippen LogP contribution in [0.1, 0.15) is 46.0 Å². The maximum absolute atomic E-state index is 13.1. The molecule has 0 unspecified atom stereocenters. The van der Waals surface area contributed by atoms with Crippen LogP contribution >= 0.6 is 0 Å². The molecule has 2 amide bonds. The van der Waals surface area contributed by atoms with Gasteiger partial charge in [-0.05, 0) is 55.1 Å². The summed E-state index contributed by atoms with van der Waals surface area (Å²) in [5.41, 5.74) is -0.352. The maximum atomic E-state index is 13.1. The van der Waals surface area contributed by atoms with Gasteiger partial charge < -0.3 is 24.6 Å². The van der Waals surface area contributed by atoms with Crippen molar-refractivity contribution in [2.45, 2.75) is 58.2 Å². The first-order valence-corrected chi connectivity index (χ1v) is 12.4. The Balaban J connectivity index is 1.49. The summed E-state index contributed by atoms with van der Waals surface area (Å²) in [4.78, 5) is 27.6. The van der Waals surface area contributed by atoms with E-state index in [0.29, 0.717) is 51.3 Å². The summed E-state index contributed by atoms with van der Waals surface area (Å²) in [6, 6.07) is 9.14. The van der Waals surface area contributed by atoms with Gasteiger partial charge in [0.2, 0.25) is 5.91 Å². The number of para-hydroxylation sites is 1. The third-order valence-corrected chi connectivity index (χ3v) is 8.70. The van der Waals surface area contributed by atoms with Gasteiger partial charge in [0.15, 0.2) is 0 Å². The van der Waals surface area contributed by atoms with E-state index in [2.05, 4.69) is 12.2 Å². The minimum atomic E-state index is -0.665. The number of ether oxygens (including phenoxy) is 2. The largest absolute Gasteiger partial charge is 0.445 e. The summed E-state index contributed by atoms with van der Waals surface area (Å²) in [6.07, 6.45) is 1.32. The van der Waals surface area contributed by atoms with Gasteiger partial charge in [0, 0.05) is 30.6 Å². The highest BCUT2D eigenvalue weighted by atomic mass is 16.6. The molecular formula is C26H38N2O6. The number of nitrogens with one attached hydrogen (secondary N) is 1. The predicted molar refractivity (Wildman–Crippen MR) is 127 cm³/mol. The summed E-state index contributed by atoms with van der Waals surface area (Å²) in [7, 11) is 0. The third kappa shape index (κ3) is 4.81. The zero-order valence-corrected chi connectivity index (χ0v) is 20.2. The molecule has 188 valence electrons. The molecule has 1 aromatic rings. The van der Waals surface area contributed by atoms with Crippen LogP contribution in [0.15, 0.2) is 30.3 Å². The lowest BCUT2D eigenvalue weighted by Gasteiger charge is -2.60. The van der Waals surface area contributed by atoms with Crippen LogP contribution in [0.4, 0.5) is 10.5 Å². The molecule has 6 atom stereocenters. The molecular weight excluding hydrogens is 436 g/mol. The molecule has 1 aromatic carbocycles. The number of nitrogens with zero attached hydrogens (tertiary/aromatic N) is 1. The Bertz CT molecular complexity index is 860. The second-order valence-electron chi connectivity index (χ2n) is 10.6. The first-order chi connectivity index (χ1) is 16.3. The van der Waals surface area contributed by atoms with Crippen molar-refractivity contribution in [1.82, 2.24) is 4.90 Å². The van der Waals surface area contributed by atoms with Gasteiger partial charge >= 0.3 is 6.09 Å². The molecule has 0 bridgehead atoms. The molecule has 8 heteroatoms. The Morgan fingerprint density at radius 3 is 2.53 bits per heavy atom. The number of aliphatic hydroxyl groups is 2. The predicted octanol–water partition coefficient (Wildman–Crippen LogP) is 3.04. The summed E-state index contributed by atoms with van der Waals surface area (Å²) >= 11 is 0. The van der Waals surface area contributed by atoms with Crippen LogP contribution in [0.25, 0.3) is 0 Å². The van der Waals surface area contributed by atoms with E-state index in [1.54, 1.807) is 12.1 Å². The van der Waals surface area contributed by atoms with Gasteiger partial charge in [-0.1, -0.05) is 32.0 Å². The van der Waals surface area contributed by atoms with Crippen molar-refractivity contribution in [1.29, 1.82) is 0 Å². The molecule has 1 saturated heterocycles. The minimum absolute atomic E-state index is 0.0131. The van der Waals surface area contributed by atoms with Crippen molar-refractivity contribution >= 4 is 17.7 Å². The molecule has 3 N–H and O–H groups in total. The van der Waals surface area contributed by atoms with Crippen LogP contribution in [-0.2, 0) is 14.3 Å². The average Bonchev–Trinajstić information content (AvgIpc) is 2.84. The number of carbonyl (C=O) groups is 2. The average molecular weight is 475 g/mol. The normalized spacial score (nSPS) is 35.8. The van der Waals surface area contributed by atoms with Crippen molar-refractivity contribution in [2.24, 2.45) is 22.7 Å². The van der Waals surface area contributed by atoms with Crippen LogP contribution < -0.4 is 5.32 Å². The Kier molecular flexibility index (Phi) is 7.50. The molecule has 8 nitrogen and oxygen atoms in total. The fraction of sp³-hybridized carbons (Fsp3) is 0.692. The summed E-state index contributed by atoms with van der Waals surface area (Å²) in [5, 5.41) is 24.3. The smallest absolute Gasteiger partial charge is 0.411 e. The quantitative estimate of drug-likeness (QED) is 0.605. The number of anilines is 1. The number of amides is 2. The van der Waals surface area contributed by atoms with Crippen molar-refractivity contribution in [3.05, 3.63) is 30.3 Å². The van der Waals surface area contributed by atoms with Crippen molar-refractivity contribution in [2.75, 3.05) is 38.2 Å². The fourth-order valence-electron chi connectivity index (χ4n) is 6.71. The first kappa shape index (κ1) is 24.9. The standard InChI is InChI=1S/C26H38N2O6/c1-25-11-10-22(34-24(32)27-18-6-4-3-5-7-18)26(2,17-29)21(25)9-8-20(30)19(25)16-23(31)28-12-14-33-15-13-28/h3-7,19-22,29-30H,8-17H2,1-2H3,(H,27,32)/t19-,20-,21-,22-,25+,26+/m1/s1. The lowest BCUT2D eigenvalue weighted by atomic mass is 9.46. The zero-order valence-electron chi connectivity index (χ0n) is 20.2. The van der Waals surface area contributed by atoms with Gasteiger partial charge in [0.05, 0.1) is 25.9 Å². The number of aliphatic hydroxyl groups excluding tert-OH is 2. The number of hydrogen-bond donors (Lipinski definition) is 3. The minimum Gasteiger partial charge on any atom is -0.445 e. The topological polar surface area (TPSA) is 108 Å². The molecule has 0 radical (unpaired) electrons. The van der Waals surface area contributed by atoms with Crippen molar-refractivity contribution in [3.63, 3.8) is 0 Å². The van der Waals surface area contributed by atoms with E-state index in [0.717, 1.165) is 6.42 Å². The highest BCUT2D eigenvalue weighted by Gasteiger charge is 2.60. The molecule has 34 heavy (non-hydrogen) atoms. The molecule has 3 aliphatic rings. The van der Waals surface area contributed by atoms with Crippen LogP contribution in [0, 0.1) is 22.7 Å². The van der Waals surface area contributed by atoms with Gasteiger partial charge in [-0.25, -0.2) is 4.79 Å². The number of rotatable bonds is 5. The van der Waals surface area contributed by atoms with E-state index in [1.807, 2.05) is 30.0 Å². The molecule has 2 aliphatic carbocycles. The van der Waals surface area contributed by atoms with E-state index in [4.69, 9.17) is 9.47 Å². The molecule has 2 saturated carbocycles. The highest BCUT2D eigenvalue weighted by Crippen LogP contribution is 2.61. The van der Waals surface area contributed by atoms with Crippen LogP contribution in [0.5, 0.6) is 0 Å². The van der Waals surface area contributed by atoms with Crippen LogP contribution in [0.2, 0.25) is 0 Å². The monoisotopic (exact) mass is 474 g/mol. The number of fused-ring (bicyclic) bond motifs is 1. The number of hydrogen-bond acceptors (Lipinski definition) is 6. The van der Waals surface area contributed by atoms with E-state index >= 15 is 0 Å². The Morgan fingerprint density at radius 1 is 1.15 bits per heavy atom. The SMILES string of the molecule is C[C@]1(CO)[C@@H]2CC[C@@H](O)[C@@H](CC(=O)N3CCOCC3)[C@]2(C)CC[C@H]1OC(=O)Nc1ccccc1. The summed E-state index contributed by atoms with van der Waals surface area (Å²) in [5.74, 6) is -0.133. The molecule has 1 aliphatic heterocycles. The second-order valence-corrected chi connectivity index (χ2v) is 10.6. The van der Waals surface area contributed by atoms with E-state index < -0.39 is 23.7 Å². The third-order valence-electron chi connectivity index (χ3n) is 8.70. The number of benzene rings is 1.